The van der Waals surface area contributed by atoms with Gasteiger partial charge in [-0.2, -0.15) is 0 Å². The summed E-state index contributed by atoms with van der Waals surface area (Å²) in [6.45, 7) is 19.9. The number of piperazine rings is 2. The van der Waals surface area contributed by atoms with Crippen molar-refractivity contribution in [2.45, 2.75) is 65.1 Å². The number of nitrogens with zero attached hydrogens (tertiary/aromatic N) is 8. The van der Waals surface area contributed by atoms with Gasteiger partial charge in [-0.3, -0.25) is 9.69 Å². The average Bonchev–Trinajstić information content (AvgIpc) is 3.02. The second kappa shape index (κ2) is 12.9. The molecule has 3 aromatic heterocycles. The molecule has 3 aliphatic heterocycles. The maximum Gasteiger partial charge on any atom is 0.410 e. The SMILES string of the molecule is Cc1cc(-c2ccc(N3CCN(Cc4cnc(N5CC6(CN(C(=O)OC(C)(C)C)CCN6)C5)nc4)CC3)nc2C(C)C)cn(C)c1=O. The van der Waals surface area contributed by atoms with E-state index in [1.54, 1.807) is 11.6 Å². The number of hydrogen-bond acceptors (Lipinski definition) is 10. The van der Waals surface area contributed by atoms with Crippen LogP contribution in [0.5, 0.6) is 0 Å². The van der Waals surface area contributed by atoms with E-state index in [0.717, 1.165) is 92.1 Å². The van der Waals surface area contributed by atoms with E-state index < -0.39 is 5.60 Å². The molecule has 1 amide bonds. The molecule has 12 nitrogen and oxygen atoms in total. The normalized spacial score (nSPS) is 18.5. The number of carbonyl (C=O) groups is 1. The zero-order valence-corrected chi connectivity index (χ0v) is 28.9. The van der Waals surface area contributed by atoms with Gasteiger partial charge in [0, 0.05) is 113 Å². The Kier molecular flexibility index (Phi) is 9.01. The van der Waals surface area contributed by atoms with Crippen LogP contribution in [0.1, 0.15) is 57.4 Å². The number of amides is 1. The van der Waals surface area contributed by atoms with Crippen LogP contribution in [0.4, 0.5) is 16.6 Å². The Morgan fingerprint density at radius 1 is 1.02 bits per heavy atom. The van der Waals surface area contributed by atoms with Crippen molar-refractivity contribution in [1.29, 1.82) is 0 Å². The fourth-order valence-corrected chi connectivity index (χ4v) is 6.81. The number of carbonyl (C=O) groups excluding carboxylic acids is 1. The minimum absolute atomic E-state index is 0.0284. The molecule has 0 radical (unpaired) electrons. The zero-order valence-electron chi connectivity index (χ0n) is 28.9. The molecule has 6 heterocycles. The molecular weight excluding hydrogens is 594 g/mol. The summed E-state index contributed by atoms with van der Waals surface area (Å²) in [5.41, 5.74) is 4.36. The lowest BCUT2D eigenvalue weighted by Gasteiger charge is -2.54. The molecule has 47 heavy (non-hydrogen) atoms. The molecule has 3 aliphatic rings. The van der Waals surface area contributed by atoms with Crippen LogP contribution < -0.4 is 20.7 Å². The van der Waals surface area contributed by atoms with Crippen molar-refractivity contribution in [3.8, 4) is 11.1 Å². The van der Waals surface area contributed by atoms with Gasteiger partial charge in [0.1, 0.15) is 11.4 Å². The van der Waals surface area contributed by atoms with Crippen LogP contribution in [0.15, 0.2) is 41.6 Å². The fraction of sp³-hybridized carbons (Fsp3) is 0.571. The number of aromatic nitrogens is 4. The second-order valence-electron chi connectivity index (χ2n) is 14.7. The Morgan fingerprint density at radius 2 is 1.72 bits per heavy atom. The summed E-state index contributed by atoms with van der Waals surface area (Å²) in [7, 11) is 1.80. The quantitative estimate of drug-likeness (QED) is 0.429. The summed E-state index contributed by atoms with van der Waals surface area (Å²) in [6, 6.07) is 6.24. The predicted molar refractivity (Wildman–Crippen MR) is 184 cm³/mol. The third kappa shape index (κ3) is 7.28. The highest BCUT2D eigenvalue weighted by atomic mass is 16.6. The highest BCUT2D eigenvalue weighted by molar-refractivity contribution is 5.69. The number of hydrogen-bond donors (Lipinski definition) is 1. The van der Waals surface area contributed by atoms with E-state index in [2.05, 4.69) is 46.0 Å². The molecule has 3 aromatic rings. The molecule has 0 bridgehead atoms. The van der Waals surface area contributed by atoms with E-state index >= 15 is 0 Å². The average molecular weight is 644 g/mol. The van der Waals surface area contributed by atoms with Gasteiger partial charge in [-0.25, -0.2) is 19.7 Å². The monoisotopic (exact) mass is 643 g/mol. The van der Waals surface area contributed by atoms with Gasteiger partial charge in [-0.05, 0) is 51.8 Å². The van der Waals surface area contributed by atoms with Gasteiger partial charge in [0.25, 0.3) is 5.56 Å². The number of pyridine rings is 2. The smallest absolute Gasteiger partial charge is 0.410 e. The van der Waals surface area contributed by atoms with E-state index in [-0.39, 0.29) is 23.1 Å². The van der Waals surface area contributed by atoms with Crippen molar-refractivity contribution in [2.24, 2.45) is 7.05 Å². The molecular formula is C35H49N9O3. The summed E-state index contributed by atoms with van der Waals surface area (Å²) < 4.78 is 7.25. The van der Waals surface area contributed by atoms with E-state index in [4.69, 9.17) is 19.7 Å². The molecule has 0 aromatic carbocycles. The van der Waals surface area contributed by atoms with Crippen molar-refractivity contribution in [1.82, 2.24) is 34.6 Å². The van der Waals surface area contributed by atoms with Crippen LogP contribution >= 0.6 is 0 Å². The molecule has 3 fully saturated rings. The minimum atomic E-state index is -0.502. The number of ether oxygens (including phenoxy) is 1. The minimum Gasteiger partial charge on any atom is -0.444 e. The summed E-state index contributed by atoms with van der Waals surface area (Å²) in [5, 5.41) is 3.61. The lowest BCUT2D eigenvalue weighted by atomic mass is 9.87. The summed E-state index contributed by atoms with van der Waals surface area (Å²) in [6.07, 6.45) is 5.54. The molecule has 0 saturated carbocycles. The maximum atomic E-state index is 12.6. The Balaban J connectivity index is 1.02. The predicted octanol–water partition coefficient (Wildman–Crippen LogP) is 3.39. The largest absolute Gasteiger partial charge is 0.444 e. The molecule has 1 spiro atoms. The highest BCUT2D eigenvalue weighted by Crippen LogP contribution is 2.31. The molecule has 0 unspecified atom stereocenters. The first-order chi connectivity index (χ1) is 22.3. The standard InChI is InChI=1S/C35H49N9O3/c1-24(2)30-28(27-16-25(3)31(45)40(7)20-27)8-9-29(39-30)42-14-12-41(13-15-42)19-26-17-36-32(37-18-26)44-22-35(23-44)21-43(11-10-38-35)33(46)47-34(4,5)6/h8-9,16-18,20,24,38H,10-15,19,21-23H2,1-7H3. The topological polar surface area (TPSA) is 112 Å². The summed E-state index contributed by atoms with van der Waals surface area (Å²) in [4.78, 5) is 48.2. The van der Waals surface area contributed by atoms with Gasteiger partial charge in [-0.1, -0.05) is 13.8 Å². The van der Waals surface area contributed by atoms with Crippen LogP contribution in [-0.2, 0) is 18.3 Å². The van der Waals surface area contributed by atoms with Crippen molar-refractivity contribution in [3.63, 3.8) is 0 Å². The van der Waals surface area contributed by atoms with Crippen molar-refractivity contribution < 1.29 is 9.53 Å². The Hall–Kier alpha value is -4.03. The van der Waals surface area contributed by atoms with Crippen molar-refractivity contribution in [3.05, 3.63) is 64.0 Å². The summed E-state index contributed by atoms with van der Waals surface area (Å²) >= 11 is 0. The molecule has 6 rings (SSSR count). The lowest BCUT2D eigenvalue weighted by Crippen LogP contribution is -2.77. The maximum absolute atomic E-state index is 12.6. The molecule has 0 aliphatic carbocycles. The van der Waals surface area contributed by atoms with Crippen LogP contribution in [-0.4, -0.2) is 105 Å². The van der Waals surface area contributed by atoms with E-state index in [0.29, 0.717) is 13.1 Å². The first kappa shape index (κ1) is 32.9. The van der Waals surface area contributed by atoms with Gasteiger partial charge in [0.2, 0.25) is 5.95 Å². The molecule has 3 saturated heterocycles. The van der Waals surface area contributed by atoms with Crippen molar-refractivity contribution >= 4 is 17.9 Å². The van der Waals surface area contributed by atoms with Gasteiger partial charge in [0.15, 0.2) is 0 Å². The number of anilines is 2. The van der Waals surface area contributed by atoms with Crippen LogP contribution in [0.25, 0.3) is 11.1 Å². The number of aryl methyl sites for hydroxylation is 2. The van der Waals surface area contributed by atoms with Gasteiger partial charge in [0.05, 0.1) is 11.2 Å². The van der Waals surface area contributed by atoms with Gasteiger partial charge >= 0.3 is 6.09 Å². The first-order valence-electron chi connectivity index (χ1n) is 16.7. The van der Waals surface area contributed by atoms with Crippen LogP contribution in [0, 0.1) is 6.92 Å². The van der Waals surface area contributed by atoms with Crippen LogP contribution in [0.2, 0.25) is 0 Å². The second-order valence-corrected chi connectivity index (χ2v) is 14.7. The first-order valence-corrected chi connectivity index (χ1v) is 16.7. The van der Waals surface area contributed by atoms with Crippen molar-refractivity contribution in [2.75, 3.05) is 68.7 Å². The molecule has 0 atom stereocenters. The van der Waals surface area contributed by atoms with Gasteiger partial charge in [-0.15, -0.1) is 0 Å². The third-order valence-corrected chi connectivity index (χ3v) is 9.22. The Morgan fingerprint density at radius 3 is 2.36 bits per heavy atom. The lowest BCUT2D eigenvalue weighted by molar-refractivity contribution is 0.00921. The van der Waals surface area contributed by atoms with Gasteiger partial charge < -0.3 is 29.3 Å². The Bertz CT molecular complexity index is 1620. The van der Waals surface area contributed by atoms with E-state index in [9.17, 15) is 9.59 Å². The summed E-state index contributed by atoms with van der Waals surface area (Å²) in [5.74, 6) is 1.98. The zero-order chi connectivity index (χ0) is 33.5. The number of nitrogens with one attached hydrogen (secondary N) is 1. The highest BCUT2D eigenvalue weighted by Gasteiger charge is 2.48. The van der Waals surface area contributed by atoms with E-state index in [1.165, 1.54) is 0 Å². The Labute approximate surface area is 277 Å². The van der Waals surface area contributed by atoms with Crippen LogP contribution in [0.3, 0.4) is 0 Å². The van der Waals surface area contributed by atoms with E-state index in [1.807, 2.05) is 57.3 Å². The third-order valence-electron chi connectivity index (χ3n) is 9.22. The fourth-order valence-electron chi connectivity index (χ4n) is 6.81. The number of rotatable bonds is 6. The molecule has 252 valence electrons. The molecule has 1 N–H and O–H groups in total. The molecule has 12 heteroatoms.